The van der Waals surface area contributed by atoms with Crippen molar-refractivity contribution in [1.82, 2.24) is 14.2 Å². The molecular weight excluding hydrogens is 438 g/mol. The van der Waals surface area contributed by atoms with Gasteiger partial charge in [-0.15, -0.1) is 0 Å². The molecule has 8 heteroatoms. The summed E-state index contributed by atoms with van der Waals surface area (Å²) in [6, 6.07) is 14.0. The lowest BCUT2D eigenvalue weighted by molar-refractivity contribution is -0.127. The van der Waals surface area contributed by atoms with Crippen LogP contribution in [0.2, 0.25) is 0 Å². The number of carbonyl (C=O) groups excluding carboxylic acids is 1. The number of fused-ring (bicyclic) bond motifs is 1. The molecule has 2 aromatic carbocycles. The van der Waals surface area contributed by atoms with Crippen LogP contribution in [0.1, 0.15) is 36.0 Å². The number of likely N-dealkylation sites (tertiary alicyclic amines) is 1. The standard InChI is InChI=1S/C25H29N3O4S/c1-18-11-12-19(2)24-22(18)16-20(25(30)26-24)17-28(15-7-14-27-13-6-10-23(27)29)33(31,32)21-8-4-3-5-9-21/h3-5,8-9,11-12,16H,6-7,10,13-15,17H2,1-2H3,(H,26,30). The maximum atomic E-state index is 13.5. The predicted octanol–water partition coefficient (Wildman–Crippen LogP) is 3.35. The van der Waals surface area contributed by atoms with Gasteiger partial charge in [0.15, 0.2) is 0 Å². The molecule has 3 aromatic rings. The van der Waals surface area contributed by atoms with Crippen LogP contribution in [-0.4, -0.2) is 48.1 Å². The topological polar surface area (TPSA) is 90.6 Å². The molecule has 0 bridgehead atoms. The van der Waals surface area contributed by atoms with Crippen molar-refractivity contribution in [2.45, 2.75) is 44.6 Å². The van der Waals surface area contributed by atoms with E-state index in [1.165, 1.54) is 4.31 Å². The van der Waals surface area contributed by atoms with E-state index in [0.717, 1.165) is 28.5 Å². The Morgan fingerprint density at radius 1 is 1.03 bits per heavy atom. The maximum Gasteiger partial charge on any atom is 0.252 e. The lowest BCUT2D eigenvalue weighted by Crippen LogP contribution is -2.36. The van der Waals surface area contributed by atoms with Crippen LogP contribution in [0.15, 0.2) is 58.2 Å². The number of pyridine rings is 1. The Labute approximate surface area is 194 Å². The van der Waals surface area contributed by atoms with Crippen molar-refractivity contribution in [3.8, 4) is 0 Å². The molecule has 7 nitrogen and oxygen atoms in total. The van der Waals surface area contributed by atoms with Crippen molar-refractivity contribution >= 4 is 26.8 Å². The van der Waals surface area contributed by atoms with Crippen LogP contribution < -0.4 is 5.56 Å². The molecule has 1 fully saturated rings. The van der Waals surface area contributed by atoms with Crippen molar-refractivity contribution < 1.29 is 13.2 Å². The molecule has 1 amide bonds. The summed E-state index contributed by atoms with van der Waals surface area (Å²) in [5.74, 6) is 0.115. The highest BCUT2D eigenvalue weighted by Crippen LogP contribution is 2.22. The molecule has 1 saturated heterocycles. The van der Waals surface area contributed by atoms with E-state index in [2.05, 4.69) is 4.98 Å². The highest BCUT2D eigenvalue weighted by Gasteiger charge is 2.26. The van der Waals surface area contributed by atoms with Crippen LogP contribution in [-0.2, 0) is 21.4 Å². The Hall–Kier alpha value is -2.97. The number of hydrogen-bond acceptors (Lipinski definition) is 4. The number of amides is 1. The second kappa shape index (κ2) is 9.49. The molecule has 2 heterocycles. The Morgan fingerprint density at radius 3 is 2.45 bits per heavy atom. The summed E-state index contributed by atoms with van der Waals surface area (Å²) in [5.41, 5.74) is 2.85. The highest BCUT2D eigenvalue weighted by atomic mass is 32.2. The molecule has 0 radical (unpaired) electrons. The Morgan fingerprint density at radius 2 is 1.76 bits per heavy atom. The number of nitrogens with one attached hydrogen (secondary N) is 1. The highest BCUT2D eigenvalue weighted by molar-refractivity contribution is 7.89. The van der Waals surface area contributed by atoms with E-state index in [4.69, 9.17) is 0 Å². The fourth-order valence-corrected chi connectivity index (χ4v) is 5.81. The number of rotatable bonds is 8. The first-order chi connectivity index (χ1) is 15.8. The van der Waals surface area contributed by atoms with E-state index in [0.29, 0.717) is 31.5 Å². The Balaban J connectivity index is 1.66. The van der Waals surface area contributed by atoms with E-state index in [1.54, 1.807) is 41.3 Å². The molecule has 174 valence electrons. The minimum Gasteiger partial charge on any atom is -0.343 e. The van der Waals surface area contributed by atoms with Gasteiger partial charge in [-0.05, 0) is 56.0 Å². The minimum atomic E-state index is -3.82. The van der Waals surface area contributed by atoms with E-state index >= 15 is 0 Å². The van der Waals surface area contributed by atoms with Crippen LogP contribution in [0.5, 0.6) is 0 Å². The maximum absolute atomic E-state index is 13.5. The van der Waals surface area contributed by atoms with Crippen molar-refractivity contribution in [2.24, 2.45) is 0 Å². The first kappa shape index (κ1) is 23.2. The zero-order valence-electron chi connectivity index (χ0n) is 19.0. The fourth-order valence-electron chi connectivity index (χ4n) is 4.33. The average Bonchev–Trinajstić information content (AvgIpc) is 3.21. The molecule has 0 spiro atoms. The van der Waals surface area contributed by atoms with Gasteiger partial charge >= 0.3 is 0 Å². The summed E-state index contributed by atoms with van der Waals surface area (Å²) >= 11 is 0. The van der Waals surface area contributed by atoms with Gasteiger partial charge < -0.3 is 9.88 Å². The number of benzene rings is 2. The molecule has 33 heavy (non-hydrogen) atoms. The molecule has 4 rings (SSSR count). The monoisotopic (exact) mass is 467 g/mol. The van der Waals surface area contributed by atoms with Crippen LogP contribution in [0.4, 0.5) is 0 Å². The second-order valence-corrected chi connectivity index (χ2v) is 10.5. The molecule has 1 N–H and O–H groups in total. The number of H-pyrrole nitrogens is 1. The lowest BCUT2D eigenvalue weighted by Gasteiger charge is -2.24. The molecule has 0 aliphatic carbocycles. The smallest absolute Gasteiger partial charge is 0.252 e. The van der Waals surface area contributed by atoms with Crippen LogP contribution >= 0.6 is 0 Å². The van der Waals surface area contributed by atoms with Crippen molar-refractivity contribution in [2.75, 3.05) is 19.6 Å². The van der Waals surface area contributed by atoms with Gasteiger partial charge in [-0.1, -0.05) is 30.3 Å². The fraction of sp³-hybridized carbons (Fsp3) is 0.360. The number of nitrogens with zero attached hydrogens (tertiary/aromatic N) is 2. The normalized spacial score (nSPS) is 14.5. The summed E-state index contributed by atoms with van der Waals surface area (Å²) in [5, 5.41) is 0.907. The molecule has 0 saturated carbocycles. The Bertz CT molecular complexity index is 1330. The SMILES string of the molecule is Cc1ccc(C)c2[nH]c(=O)c(CN(CCCN3CCCC3=O)S(=O)(=O)c3ccccc3)cc12. The van der Waals surface area contributed by atoms with E-state index < -0.39 is 10.0 Å². The average molecular weight is 468 g/mol. The van der Waals surface area contributed by atoms with Gasteiger partial charge in [-0.25, -0.2) is 8.42 Å². The number of carbonyl (C=O) groups is 1. The number of aromatic amines is 1. The molecule has 0 atom stereocenters. The third-order valence-corrected chi connectivity index (χ3v) is 8.11. The summed E-state index contributed by atoms with van der Waals surface area (Å²) in [6.07, 6.45) is 1.90. The van der Waals surface area contributed by atoms with Gasteiger partial charge in [-0.3, -0.25) is 9.59 Å². The quantitative estimate of drug-likeness (QED) is 0.550. The van der Waals surface area contributed by atoms with Crippen molar-refractivity contribution in [1.29, 1.82) is 0 Å². The number of aromatic nitrogens is 1. The third-order valence-electron chi connectivity index (χ3n) is 6.26. The minimum absolute atomic E-state index is 0.0379. The van der Waals surface area contributed by atoms with Crippen molar-refractivity contribution in [3.63, 3.8) is 0 Å². The molecular formula is C25H29N3O4S. The molecule has 0 unspecified atom stereocenters. The zero-order valence-corrected chi connectivity index (χ0v) is 19.8. The van der Waals surface area contributed by atoms with Crippen LogP contribution in [0.25, 0.3) is 10.9 Å². The Kier molecular flexibility index (Phi) is 6.67. The lowest BCUT2D eigenvalue weighted by atomic mass is 10.0. The van der Waals surface area contributed by atoms with Gasteiger partial charge in [0.05, 0.1) is 10.4 Å². The zero-order chi connectivity index (χ0) is 23.6. The summed E-state index contributed by atoms with van der Waals surface area (Å²) in [6.45, 7) is 5.30. The molecule has 1 aliphatic rings. The molecule has 1 aromatic heterocycles. The van der Waals surface area contributed by atoms with E-state index in [1.807, 2.05) is 26.0 Å². The first-order valence-electron chi connectivity index (χ1n) is 11.2. The number of aryl methyl sites for hydroxylation is 2. The van der Waals surface area contributed by atoms with Crippen LogP contribution in [0, 0.1) is 13.8 Å². The van der Waals surface area contributed by atoms with E-state index in [-0.39, 0.29) is 29.5 Å². The van der Waals surface area contributed by atoms with Gasteiger partial charge in [0, 0.05) is 43.5 Å². The van der Waals surface area contributed by atoms with Gasteiger partial charge in [0.25, 0.3) is 5.56 Å². The van der Waals surface area contributed by atoms with Gasteiger partial charge in [0.1, 0.15) is 0 Å². The van der Waals surface area contributed by atoms with Gasteiger partial charge in [-0.2, -0.15) is 4.31 Å². The number of sulfonamides is 1. The summed E-state index contributed by atoms with van der Waals surface area (Å²) in [7, 11) is -3.82. The predicted molar refractivity (Wildman–Crippen MR) is 129 cm³/mol. The largest absolute Gasteiger partial charge is 0.343 e. The first-order valence-corrected chi connectivity index (χ1v) is 12.7. The number of hydrogen-bond donors (Lipinski definition) is 1. The third kappa shape index (κ3) is 4.86. The van der Waals surface area contributed by atoms with Crippen LogP contribution in [0.3, 0.4) is 0 Å². The summed E-state index contributed by atoms with van der Waals surface area (Å²) in [4.78, 5) is 29.7. The molecule has 1 aliphatic heterocycles. The van der Waals surface area contributed by atoms with Gasteiger partial charge in [0.2, 0.25) is 15.9 Å². The second-order valence-electron chi connectivity index (χ2n) is 8.60. The summed E-state index contributed by atoms with van der Waals surface area (Å²) < 4.78 is 28.3. The van der Waals surface area contributed by atoms with Crippen molar-refractivity contribution in [3.05, 3.63) is 75.6 Å². The van der Waals surface area contributed by atoms with E-state index in [9.17, 15) is 18.0 Å².